The maximum Gasteiger partial charge on any atom is 0.272 e. The molecule has 0 spiro atoms. The molecule has 0 radical (unpaired) electrons. The summed E-state index contributed by atoms with van der Waals surface area (Å²) < 4.78 is 5.02. The third-order valence-corrected chi connectivity index (χ3v) is 4.15. The normalized spacial score (nSPS) is 14.4. The van der Waals surface area contributed by atoms with Crippen LogP contribution in [0.15, 0.2) is 42.7 Å². The second-order valence-corrected chi connectivity index (χ2v) is 5.82. The minimum Gasteiger partial charge on any atom is -0.383 e. The molecule has 2 aromatic rings. The number of hydrogen-bond acceptors (Lipinski definition) is 6. The van der Waals surface area contributed by atoms with Gasteiger partial charge in [0.15, 0.2) is 0 Å². The van der Waals surface area contributed by atoms with E-state index in [1.54, 1.807) is 25.6 Å². The van der Waals surface area contributed by atoms with E-state index in [1.165, 1.54) is 0 Å². The van der Waals surface area contributed by atoms with Crippen LogP contribution in [0.1, 0.15) is 10.5 Å². The summed E-state index contributed by atoms with van der Waals surface area (Å²) in [5.41, 5.74) is 1.34. The van der Waals surface area contributed by atoms with Crippen LogP contribution in [0.2, 0.25) is 0 Å². The van der Waals surface area contributed by atoms with Crippen LogP contribution in [0.3, 0.4) is 0 Å². The monoisotopic (exact) mass is 341 g/mol. The lowest BCUT2D eigenvalue weighted by Gasteiger charge is -2.35. The number of hydrogen-bond donors (Lipinski definition) is 1. The minimum atomic E-state index is -0.0314. The minimum absolute atomic E-state index is 0.0314. The summed E-state index contributed by atoms with van der Waals surface area (Å²) in [6, 6.07) is 9.53. The van der Waals surface area contributed by atoms with Gasteiger partial charge in [0.2, 0.25) is 0 Å². The van der Waals surface area contributed by atoms with E-state index in [1.807, 2.05) is 29.2 Å². The first kappa shape index (κ1) is 17.2. The van der Waals surface area contributed by atoms with E-state index in [9.17, 15) is 4.79 Å². The van der Waals surface area contributed by atoms with Gasteiger partial charge in [-0.15, -0.1) is 0 Å². The number of anilines is 2. The second-order valence-electron chi connectivity index (χ2n) is 5.82. The van der Waals surface area contributed by atoms with E-state index >= 15 is 0 Å². The number of rotatable bonds is 6. The summed E-state index contributed by atoms with van der Waals surface area (Å²) in [6.45, 7) is 4.18. The van der Waals surface area contributed by atoms with Gasteiger partial charge >= 0.3 is 0 Å². The first-order valence-corrected chi connectivity index (χ1v) is 8.42. The number of ether oxygens (including phenoxy) is 1. The number of amides is 1. The molecule has 0 bridgehead atoms. The summed E-state index contributed by atoms with van der Waals surface area (Å²) in [5, 5.41) is 3.22. The van der Waals surface area contributed by atoms with Crippen molar-refractivity contribution in [2.24, 2.45) is 0 Å². The molecule has 0 unspecified atom stereocenters. The van der Waals surface area contributed by atoms with Gasteiger partial charge < -0.3 is 19.9 Å². The maximum absolute atomic E-state index is 12.7. The summed E-state index contributed by atoms with van der Waals surface area (Å²) in [7, 11) is 1.66. The first-order chi connectivity index (χ1) is 12.3. The Balaban J connectivity index is 1.58. The first-order valence-electron chi connectivity index (χ1n) is 8.42. The number of pyridine rings is 2. The summed E-state index contributed by atoms with van der Waals surface area (Å²) in [6.07, 6.45) is 3.45. The highest BCUT2D eigenvalue weighted by atomic mass is 16.5. The molecule has 1 N–H and O–H groups in total. The largest absolute Gasteiger partial charge is 0.383 e. The predicted octanol–water partition coefficient (Wildman–Crippen LogP) is 1.50. The second kappa shape index (κ2) is 8.43. The standard InChI is InChI=1S/C18H23N5O2/c1-25-13-8-19-15-5-7-20-16(14-15)18(24)23-11-9-22(10-12-23)17-4-2-3-6-21-17/h2-7,14H,8-13H2,1H3,(H,19,20). The topological polar surface area (TPSA) is 70.6 Å². The molecule has 132 valence electrons. The van der Waals surface area contributed by atoms with Crippen molar-refractivity contribution in [2.75, 3.05) is 56.7 Å². The van der Waals surface area contributed by atoms with Crippen molar-refractivity contribution < 1.29 is 9.53 Å². The molecule has 1 fully saturated rings. The number of piperazine rings is 1. The summed E-state index contributed by atoms with van der Waals surface area (Å²) >= 11 is 0. The SMILES string of the molecule is COCCNc1ccnc(C(=O)N2CCN(c3ccccn3)CC2)c1. The predicted molar refractivity (Wildman–Crippen MR) is 97.0 cm³/mol. The van der Waals surface area contributed by atoms with Crippen LogP contribution in [0.4, 0.5) is 11.5 Å². The fraction of sp³-hybridized carbons (Fsp3) is 0.389. The number of nitrogens with one attached hydrogen (secondary N) is 1. The quantitative estimate of drug-likeness (QED) is 0.803. The van der Waals surface area contributed by atoms with Crippen molar-refractivity contribution in [3.63, 3.8) is 0 Å². The Morgan fingerprint density at radius 1 is 1.16 bits per heavy atom. The van der Waals surface area contributed by atoms with Crippen LogP contribution in [0.25, 0.3) is 0 Å². The zero-order valence-corrected chi connectivity index (χ0v) is 14.4. The third kappa shape index (κ3) is 4.45. The van der Waals surface area contributed by atoms with Gasteiger partial charge in [-0.1, -0.05) is 6.07 Å². The Morgan fingerprint density at radius 2 is 2.00 bits per heavy atom. The molecule has 2 aromatic heterocycles. The zero-order valence-electron chi connectivity index (χ0n) is 14.4. The molecule has 1 aliphatic heterocycles. The Bertz CT molecular complexity index is 687. The van der Waals surface area contributed by atoms with E-state index in [4.69, 9.17) is 4.74 Å². The van der Waals surface area contributed by atoms with Crippen molar-refractivity contribution in [1.29, 1.82) is 0 Å². The molecule has 0 atom stereocenters. The molecule has 0 saturated carbocycles. The van der Waals surface area contributed by atoms with Gasteiger partial charge in [0, 0.05) is 57.9 Å². The number of methoxy groups -OCH3 is 1. The average Bonchev–Trinajstić information content (AvgIpc) is 2.69. The molecule has 3 rings (SSSR count). The van der Waals surface area contributed by atoms with Crippen molar-refractivity contribution in [3.8, 4) is 0 Å². The number of carbonyl (C=O) groups excluding carboxylic acids is 1. The van der Waals surface area contributed by atoms with Crippen molar-refractivity contribution >= 4 is 17.4 Å². The summed E-state index contributed by atoms with van der Waals surface area (Å²) in [4.78, 5) is 25.3. The highest BCUT2D eigenvalue weighted by Gasteiger charge is 2.23. The molecule has 3 heterocycles. The fourth-order valence-electron chi connectivity index (χ4n) is 2.80. The molecule has 1 aliphatic rings. The van der Waals surface area contributed by atoms with E-state index in [0.29, 0.717) is 31.9 Å². The number of aromatic nitrogens is 2. The van der Waals surface area contributed by atoms with Crippen LogP contribution in [0, 0.1) is 0 Å². The summed E-state index contributed by atoms with van der Waals surface area (Å²) in [5.74, 6) is 0.924. The molecule has 0 aliphatic carbocycles. The van der Waals surface area contributed by atoms with Crippen molar-refractivity contribution in [1.82, 2.24) is 14.9 Å². The molecule has 25 heavy (non-hydrogen) atoms. The van der Waals surface area contributed by atoms with Gasteiger partial charge in [-0.2, -0.15) is 0 Å². The Kier molecular flexibility index (Phi) is 5.79. The molecular weight excluding hydrogens is 318 g/mol. The van der Waals surface area contributed by atoms with Crippen LogP contribution < -0.4 is 10.2 Å². The molecule has 1 amide bonds. The highest BCUT2D eigenvalue weighted by Crippen LogP contribution is 2.15. The highest BCUT2D eigenvalue weighted by molar-refractivity contribution is 5.93. The van der Waals surface area contributed by atoms with Crippen LogP contribution in [0.5, 0.6) is 0 Å². The number of nitrogens with zero attached hydrogens (tertiary/aromatic N) is 4. The molecule has 0 aromatic carbocycles. The van der Waals surface area contributed by atoms with E-state index in [0.717, 1.165) is 24.6 Å². The van der Waals surface area contributed by atoms with Crippen molar-refractivity contribution in [3.05, 3.63) is 48.4 Å². The van der Waals surface area contributed by atoms with Crippen LogP contribution >= 0.6 is 0 Å². The van der Waals surface area contributed by atoms with E-state index in [2.05, 4.69) is 20.2 Å². The zero-order chi connectivity index (χ0) is 17.5. The Hall–Kier alpha value is -2.67. The Morgan fingerprint density at radius 3 is 2.72 bits per heavy atom. The Labute approximate surface area is 147 Å². The van der Waals surface area contributed by atoms with Gasteiger partial charge in [0.1, 0.15) is 11.5 Å². The van der Waals surface area contributed by atoms with Gasteiger partial charge in [-0.3, -0.25) is 9.78 Å². The van der Waals surface area contributed by atoms with Gasteiger partial charge in [-0.25, -0.2) is 4.98 Å². The van der Waals surface area contributed by atoms with E-state index in [-0.39, 0.29) is 5.91 Å². The lowest BCUT2D eigenvalue weighted by molar-refractivity contribution is 0.0740. The third-order valence-electron chi connectivity index (χ3n) is 4.15. The molecule has 7 heteroatoms. The van der Waals surface area contributed by atoms with Gasteiger partial charge in [0.25, 0.3) is 5.91 Å². The average molecular weight is 341 g/mol. The van der Waals surface area contributed by atoms with Gasteiger partial charge in [-0.05, 0) is 24.3 Å². The molecule has 1 saturated heterocycles. The molecule has 7 nitrogen and oxygen atoms in total. The number of carbonyl (C=O) groups is 1. The van der Waals surface area contributed by atoms with E-state index < -0.39 is 0 Å². The maximum atomic E-state index is 12.7. The van der Waals surface area contributed by atoms with Gasteiger partial charge in [0.05, 0.1) is 6.61 Å². The molecular formula is C18H23N5O2. The van der Waals surface area contributed by atoms with Crippen molar-refractivity contribution in [2.45, 2.75) is 0 Å². The lowest BCUT2D eigenvalue weighted by atomic mass is 10.2. The smallest absolute Gasteiger partial charge is 0.272 e. The van der Waals surface area contributed by atoms with Crippen LogP contribution in [-0.2, 0) is 4.74 Å². The van der Waals surface area contributed by atoms with Crippen LogP contribution in [-0.4, -0.2) is 67.2 Å². The lowest BCUT2D eigenvalue weighted by Crippen LogP contribution is -2.49. The fourth-order valence-corrected chi connectivity index (χ4v) is 2.80.